The number of halogens is 1. The Balaban J connectivity index is 2.37. The van der Waals surface area contributed by atoms with Gasteiger partial charge in [-0.15, -0.1) is 0 Å². The van der Waals surface area contributed by atoms with Crippen LogP contribution in [-0.2, 0) is 6.54 Å². The SMILES string of the molecule is Cc1c([N+](=O)[O-])ccc(=O)n1CC(=O)c1ccc(Cl)cc1. The molecule has 0 radical (unpaired) electrons. The molecule has 0 spiro atoms. The molecule has 0 amide bonds. The lowest BCUT2D eigenvalue weighted by molar-refractivity contribution is -0.386. The predicted molar refractivity (Wildman–Crippen MR) is 77.9 cm³/mol. The van der Waals surface area contributed by atoms with E-state index in [2.05, 4.69) is 0 Å². The molecule has 6 nitrogen and oxygen atoms in total. The number of hydrogen-bond donors (Lipinski definition) is 0. The van der Waals surface area contributed by atoms with Gasteiger partial charge in [-0.1, -0.05) is 11.6 Å². The van der Waals surface area contributed by atoms with Crippen molar-refractivity contribution in [3.8, 4) is 0 Å². The molecule has 7 heteroatoms. The number of Topliss-reactive ketones (excluding diaryl/α,β-unsaturated/α-hetero) is 1. The highest BCUT2D eigenvalue weighted by Gasteiger charge is 2.17. The molecule has 0 unspecified atom stereocenters. The molecular weight excluding hydrogens is 296 g/mol. The lowest BCUT2D eigenvalue weighted by Crippen LogP contribution is -2.26. The van der Waals surface area contributed by atoms with Gasteiger partial charge in [-0.3, -0.25) is 24.3 Å². The van der Waals surface area contributed by atoms with Crippen molar-refractivity contribution in [2.24, 2.45) is 0 Å². The third-order valence-electron chi connectivity index (χ3n) is 3.09. The van der Waals surface area contributed by atoms with E-state index in [1.54, 1.807) is 24.3 Å². The fourth-order valence-corrected chi connectivity index (χ4v) is 2.05. The van der Waals surface area contributed by atoms with E-state index in [4.69, 9.17) is 11.6 Å². The van der Waals surface area contributed by atoms with Gasteiger partial charge in [0.05, 0.1) is 17.2 Å². The molecule has 1 heterocycles. The lowest BCUT2D eigenvalue weighted by Gasteiger charge is -2.09. The van der Waals surface area contributed by atoms with Gasteiger partial charge < -0.3 is 0 Å². The molecule has 0 aliphatic carbocycles. The van der Waals surface area contributed by atoms with Crippen LogP contribution in [0.25, 0.3) is 0 Å². The summed E-state index contributed by atoms with van der Waals surface area (Å²) >= 11 is 5.74. The molecule has 2 aromatic rings. The van der Waals surface area contributed by atoms with E-state index < -0.39 is 10.5 Å². The van der Waals surface area contributed by atoms with Gasteiger partial charge in [0, 0.05) is 22.7 Å². The molecule has 0 fully saturated rings. The Hall–Kier alpha value is -2.47. The summed E-state index contributed by atoms with van der Waals surface area (Å²) in [5, 5.41) is 11.4. The average Bonchev–Trinajstić information content (AvgIpc) is 2.43. The van der Waals surface area contributed by atoms with Crippen LogP contribution in [0.2, 0.25) is 5.02 Å². The summed E-state index contributed by atoms with van der Waals surface area (Å²) in [7, 11) is 0. The van der Waals surface area contributed by atoms with Crippen molar-refractivity contribution in [2.45, 2.75) is 13.5 Å². The molecule has 1 aromatic carbocycles. The molecule has 2 rings (SSSR count). The van der Waals surface area contributed by atoms with E-state index in [1.807, 2.05) is 0 Å². The lowest BCUT2D eigenvalue weighted by atomic mass is 10.1. The number of carbonyl (C=O) groups excluding carboxylic acids is 1. The fourth-order valence-electron chi connectivity index (χ4n) is 1.92. The van der Waals surface area contributed by atoms with Crippen molar-refractivity contribution in [3.05, 3.63) is 73.1 Å². The van der Waals surface area contributed by atoms with Crippen LogP contribution >= 0.6 is 11.6 Å². The monoisotopic (exact) mass is 306 g/mol. The van der Waals surface area contributed by atoms with Gasteiger partial charge in [-0.2, -0.15) is 0 Å². The van der Waals surface area contributed by atoms with Crippen LogP contribution in [0.15, 0.2) is 41.2 Å². The molecule has 0 saturated carbocycles. The first-order chi connectivity index (χ1) is 9.90. The number of benzene rings is 1. The maximum atomic E-state index is 12.1. The van der Waals surface area contributed by atoms with E-state index in [9.17, 15) is 19.7 Å². The number of ketones is 1. The van der Waals surface area contributed by atoms with Gasteiger partial charge in [0.25, 0.3) is 11.2 Å². The molecular formula is C14H11ClN2O4. The molecule has 0 N–H and O–H groups in total. The second-order valence-corrected chi connectivity index (χ2v) is 4.85. The minimum Gasteiger partial charge on any atom is -0.299 e. The molecule has 0 aliphatic rings. The van der Waals surface area contributed by atoms with E-state index >= 15 is 0 Å². The highest BCUT2D eigenvalue weighted by Crippen LogP contribution is 2.16. The molecule has 0 bridgehead atoms. The van der Waals surface area contributed by atoms with E-state index in [1.165, 1.54) is 6.92 Å². The molecule has 0 aliphatic heterocycles. The Morgan fingerprint density at radius 3 is 2.43 bits per heavy atom. The number of carbonyl (C=O) groups is 1. The molecule has 108 valence electrons. The largest absolute Gasteiger partial charge is 0.299 e. The zero-order chi connectivity index (χ0) is 15.6. The summed E-state index contributed by atoms with van der Waals surface area (Å²) < 4.78 is 1.09. The fraction of sp³-hybridized carbons (Fsp3) is 0.143. The number of nitro groups is 1. The van der Waals surface area contributed by atoms with Gasteiger partial charge in [-0.25, -0.2) is 0 Å². The topological polar surface area (TPSA) is 82.2 Å². The predicted octanol–water partition coefficient (Wildman–Crippen LogP) is 2.60. The van der Waals surface area contributed by atoms with Crippen molar-refractivity contribution in [3.63, 3.8) is 0 Å². The first kappa shape index (κ1) is 14.9. The first-order valence-corrected chi connectivity index (χ1v) is 6.41. The van der Waals surface area contributed by atoms with Crippen molar-refractivity contribution < 1.29 is 9.72 Å². The number of pyridine rings is 1. The molecule has 21 heavy (non-hydrogen) atoms. The van der Waals surface area contributed by atoms with E-state index in [0.29, 0.717) is 10.6 Å². The molecule has 1 aromatic heterocycles. The summed E-state index contributed by atoms with van der Waals surface area (Å²) in [5.41, 5.74) is -0.120. The number of rotatable bonds is 4. The third-order valence-corrected chi connectivity index (χ3v) is 3.34. The zero-order valence-electron chi connectivity index (χ0n) is 11.1. The smallest absolute Gasteiger partial charge is 0.288 e. The van der Waals surface area contributed by atoms with Crippen LogP contribution in [-0.4, -0.2) is 15.3 Å². The molecule has 0 saturated heterocycles. The minimum atomic E-state index is -0.585. The highest BCUT2D eigenvalue weighted by molar-refractivity contribution is 6.30. The number of nitrogens with zero attached hydrogens (tertiary/aromatic N) is 2. The van der Waals surface area contributed by atoms with Crippen molar-refractivity contribution >= 4 is 23.1 Å². The normalized spacial score (nSPS) is 10.4. The van der Waals surface area contributed by atoms with Crippen LogP contribution in [0.1, 0.15) is 16.1 Å². The second kappa shape index (κ2) is 5.88. The third kappa shape index (κ3) is 3.17. The van der Waals surface area contributed by atoms with Crippen LogP contribution in [0.5, 0.6) is 0 Å². The van der Waals surface area contributed by atoms with Crippen LogP contribution in [0, 0.1) is 17.0 Å². The van der Waals surface area contributed by atoms with Crippen molar-refractivity contribution in [1.29, 1.82) is 0 Å². The summed E-state index contributed by atoms with van der Waals surface area (Å²) in [6, 6.07) is 8.45. The standard InChI is InChI=1S/C14H11ClN2O4/c1-9-12(17(20)21)6-7-14(19)16(9)8-13(18)10-2-4-11(15)5-3-10/h2-7H,8H2,1H3. The Bertz CT molecular complexity index is 766. The van der Waals surface area contributed by atoms with Crippen molar-refractivity contribution in [1.82, 2.24) is 4.57 Å². The Labute approximate surface area is 124 Å². The van der Waals surface area contributed by atoms with Crippen LogP contribution in [0.3, 0.4) is 0 Å². The van der Waals surface area contributed by atoms with Gasteiger partial charge in [0.15, 0.2) is 5.78 Å². The Morgan fingerprint density at radius 2 is 1.86 bits per heavy atom. The summed E-state index contributed by atoms with van der Waals surface area (Å²) in [5.74, 6) is -0.322. The average molecular weight is 307 g/mol. The van der Waals surface area contributed by atoms with Crippen LogP contribution < -0.4 is 5.56 Å². The number of aromatic nitrogens is 1. The number of hydrogen-bond acceptors (Lipinski definition) is 4. The van der Waals surface area contributed by atoms with Crippen LogP contribution in [0.4, 0.5) is 5.69 Å². The Morgan fingerprint density at radius 1 is 1.24 bits per heavy atom. The van der Waals surface area contributed by atoms with Gasteiger partial charge in [0.1, 0.15) is 0 Å². The summed E-state index contributed by atoms with van der Waals surface area (Å²) in [6.07, 6.45) is 0. The zero-order valence-corrected chi connectivity index (χ0v) is 11.8. The maximum Gasteiger partial charge on any atom is 0.288 e. The van der Waals surface area contributed by atoms with E-state index in [0.717, 1.165) is 16.7 Å². The minimum absolute atomic E-state index is 0.148. The first-order valence-electron chi connectivity index (χ1n) is 6.04. The van der Waals surface area contributed by atoms with E-state index in [-0.39, 0.29) is 23.7 Å². The maximum absolute atomic E-state index is 12.1. The van der Waals surface area contributed by atoms with Gasteiger partial charge in [0.2, 0.25) is 0 Å². The van der Waals surface area contributed by atoms with Gasteiger partial charge in [-0.05, 0) is 31.2 Å². The highest BCUT2D eigenvalue weighted by atomic mass is 35.5. The van der Waals surface area contributed by atoms with Gasteiger partial charge >= 0.3 is 0 Å². The Kier molecular flexibility index (Phi) is 4.18. The molecule has 0 atom stereocenters. The van der Waals surface area contributed by atoms with Crippen molar-refractivity contribution in [2.75, 3.05) is 0 Å². The second-order valence-electron chi connectivity index (χ2n) is 4.42. The summed E-state index contributed by atoms with van der Waals surface area (Å²) in [6.45, 7) is 1.18. The summed E-state index contributed by atoms with van der Waals surface area (Å²) in [4.78, 5) is 34.2. The quantitative estimate of drug-likeness (QED) is 0.494.